The third kappa shape index (κ3) is 3.07. The highest BCUT2D eigenvalue weighted by Gasteiger charge is 2.33. The predicted molar refractivity (Wildman–Crippen MR) is 64.5 cm³/mol. The Hall–Kier alpha value is -1.43. The number of hydrogen-bond acceptors (Lipinski definition) is 4. The molecule has 6 heteroatoms. The van der Waals surface area contributed by atoms with Crippen LogP contribution in [0.4, 0.5) is 0 Å². The summed E-state index contributed by atoms with van der Waals surface area (Å²) in [4.78, 5) is 11.0. The van der Waals surface area contributed by atoms with E-state index in [1.54, 1.807) is 4.68 Å². The number of unbranched alkanes of at least 4 members (excludes halogenated alkanes) is 3. The van der Waals surface area contributed by atoms with Crippen molar-refractivity contribution in [2.45, 2.75) is 51.0 Å². The fourth-order valence-corrected chi connectivity index (χ4v) is 2.13. The molecule has 1 aromatic rings. The van der Waals surface area contributed by atoms with Crippen molar-refractivity contribution in [2.24, 2.45) is 0 Å². The molecule has 1 heterocycles. The van der Waals surface area contributed by atoms with Gasteiger partial charge in [-0.1, -0.05) is 18.1 Å². The van der Waals surface area contributed by atoms with Crippen LogP contribution in [-0.4, -0.2) is 37.8 Å². The van der Waals surface area contributed by atoms with Crippen molar-refractivity contribution in [1.29, 1.82) is 0 Å². The maximum absolute atomic E-state index is 11.0. The predicted octanol–water partition coefficient (Wildman–Crippen LogP) is 1.41. The molecule has 0 saturated heterocycles. The van der Waals surface area contributed by atoms with Gasteiger partial charge in [-0.2, -0.15) is 0 Å². The number of carboxylic acid groups (broad SMARTS) is 1. The van der Waals surface area contributed by atoms with Crippen molar-refractivity contribution in [2.75, 3.05) is 6.61 Å². The Bertz CT molecular complexity index is 413. The molecule has 0 amide bonds. The second-order valence-electron chi connectivity index (χ2n) is 4.76. The molecule has 1 fully saturated rings. The molecule has 2 N–H and O–H groups in total. The largest absolute Gasteiger partial charge is 0.476 e. The Morgan fingerprint density at radius 1 is 1.28 bits per heavy atom. The minimum Gasteiger partial charge on any atom is -0.476 e. The van der Waals surface area contributed by atoms with Gasteiger partial charge < -0.3 is 10.2 Å². The van der Waals surface area contributed by atoms with Gasteiger partial charge in [0.15, 0.2) is 5.69 Å². The van der Waals surface area contributed by atoms with E-state index in [4.69, 9.17) is 10.2 Å². The van der Waals surface area contributed by atoms with Crippen LogP contribution >= 0.6 is 0 Å². The fourth-order valence-electron chi connectivity index (χ4n) is 2.13. The fraction of sp³-hybridized carbons (Fsp3) is 0.750. The van der Waals surface area contributed by atoms with Crippen LogP contribution in [0.2, 0.25) is 0 Å². The normalized spacial score (nSPS) is 14.9. The SMILES string of the molecule is O=C(O)c1nnn(CCCCCCO)c1C1CC1. The van der Waals surface area contributed by atoms with E-state index in [1.165, 1.54) is 0 Å². The molecule has 0 radical (unpaired) electrons. The standard InChI is InChI=1S/C12H19N3O3/c16-8-4-2-1-3-7-15-11(9-5-6-9)10(12(17)18)13-14-15/h9,16H,1-8H2,(H,17,18). The van der Waals surface area contributed by atoms with Gasteiger partial charge in [0.25, 0.3) is 0 Å². The Morgan fingerprint density at radius 2 is 2.00 bits per heavy atom. The van der Waals surface area contributed by atoms with Crippen LogP contribution in [0.3, 0.4) is 0 Å². The lowest BCUT2D eigenvalue weighted by Crippen LogP contribution is -2.07. The molecule has 0 unspecified atom stereocenters. The molecule has 0 spiro atoms. The first-order chi connectivity index (χ1) is 8.74. The highest BCUT2D eigenvalue weighted by atomic mass is 16.4. The van der Waals surface area contributed by atoms with Crippen LogP contribution < -0.4 is 0 Å². The second-order valence-corrected chi connectivity index (χ2v) is 4.76. The molecule has 0 aliphatic heterocycles. The number of carbonyl (C=O) groups is 1. The van der Waals surface area contributed by atoms with Crippen LogP contribution in [0.25, 0.3) is 0 Å². The van der Waals surface area contributed by atoms with E-state index in [2.05, 4.69) is 10.3 Å². The molecule has 18 heavy (non-hydrogen) atoms. The zero-order valence-corrected chi connectivity index (χ0v) is 10.4. The molecule has 2 rings (SSSR count). The monoisotopic (exact) mass is 253 g/mol. The molecule has 1 saturated carbocycles. The Kier molecular flexibility index (Phi) is 4.30. The molecular formula is C12H19N3O3. The van der Waals surface area contributed by atoms with Gasteiger partial charge in [0.1, 0.15) is 0 Å². The number of hydrogen-bond donors (Lipinski definition) is 2. The highest BCUT2D eigenvalue weighted by Crippen LogP contribution is 2.41. The van der Waals surface area contributed by atoms with Crippen LogP contribution in [-0.2, 0) is 6.54 Å². The molecule has 0 bridgehead atoms. The third-order valence-electron chi connectivity index (χ3n) is 3.22. The molecule has 0 aromatic carbocycles. The Labute approximate surface area is 106 Å². The molecule has 0 atom stereocenters. The van der Waals surface area contributed by atoms with Crippen molar-refractivity contribution >= 4 is 5.97 Å². The number of rotatable bonds is 8. The lowest BCUT2D eigenvalue weighted by Gasteiger charge is -2.05. The van der Waals surface area contributed by atoms with E-state index >= 15 is 0 Å². The second kappa shape index (κ2) is 5.95. The van der Waals surface area contributed by atoms with Gasteiger partial charge in [0.2, 0.25) is 0 Å². The van der Waals surface area contributed by atoms with Gasteiger partial charge in [-0.15, -0.1) is 5.10 Å². The van der Waals surface area contributed by atoms with Crippen LogP contribution in [0.1, 0.15) is 60.6 Å². The van der Waals surface area contributed by atoms with Crippen molar-refractivity contribution in [1.82, 2.24) is 15.0 Å². The average Bonchev–Trinajstić information content (AvgIpc) is 3.09. The number of carboxylic acids is 1. The van der Waals surface area contributed by atoms with E-state index in [-0.39, 0.29) is 12.3 Å². The summed E-state index contributed by atoms with van der Waals surface area (Å²) in [6.45, 7) is 0.956. The first-order valence-corrected chi connectivity index (χ1v) is 6.51. The lowest BCUT2D eigenvalue weighted by atomic mass is 10.2. The molecule has 1 aromatic heterocycles. The van der Waals surface area contributed by atoms with E-state index in [0.29, 0.717) is 5.92 Å². The summed E-state index contributed by atoms with van der Waals surface area (Å²) in [6, 6.07) is 0. The molecule has 6 nitrogen and oxygen atoms in total. The summed E-state index contributed by atoms with van der Waals surface area (Å²) in [5.74, 6) is -0.646. The number of aliphatic hydroxyl groups is 1. The van der Waals surface area contributed by atoms with Gasteiger partial charge in [-0.25, -0.2) is 9.48 Å². The minimum atomic E-state index is -0.983. The number of aliphatic hydroxyl groups excluding tert-OH is 1. The van der Waals surface area contributed by atoms with Crippen LogP contribution in [0, 0.1) is 0 Å². The number of aromatic nitrogens is 3. The van der Waals surface area contributed by atoms with Crippen molar-refractivity contribution in [3.63, 3.8) is 0 Å². The average molecular weight is 253 g/mol. The van der Waals surface area contributed by atoms with Crippen molar-refractivity contribution in [3.05, 3.63) is 11.4 Å². The third-order valence-corrected chi connectivity index (χ3v) is 3.22. The molecular weight excluding hydrogens is 234 g/mol. The van der Waals surface area contributed by atoms with Gasteiger partial charge in [-0.05, 0) is 25.7 Å². The van der Waals surface area contributed by atoms with Gasteiger partial charge in [0, 0.05) is 19.1 Å². The zero-order valence-electron chi connectivity index (χ0n) is 10.4. The summed E-state index contributed by atoms with van der Waals surface area (Å²) in [7, 11) is 0. The van der Waals surface area contributed by atoms with Gasteiger partial charge in [-0.3, -0.25) is 0 Å². The van der Waals surface area contributed by atoms with Crippen molar-refractivity contribution in [3.8, 4) is 0 Å². The summed E-state index contributed by atoms with van der Waals surface area (Å²) in [6.07, 6.45) is 5.87. The quantitative estimate of drug-likeness (QED) is 0.684. The van der Waals surface area contributed by atoms with Crippen LogP contribution in [0.5, 0.6) is 0 Å². The summed E-state index contributed by atoms with van der Waals surface area (Å²) in [5, 5.41) is 25.5. The van der Waals surface area contributed by atoms with E-state index in [1.807, 2.05) is 0 Å². The number of aryl methyl sites for hydroxylation is 1. The Balaban J connectivity index is 1.93. The Morgan fingerprint density at radius 3 is 2.61 bits per heavy atom. The first-order valence-electron chi connectivity index (χ1n) is 6.51. The summed E-state index contributed by atoms with van der Waals surface area (Å²) < 4.78 is 1.75. The van der Waals surface area contributed by atoms with Gasteiger partial charge >= 0.3 is 5.97 Å². The molecule has 1 aliphatic carbocycles. The van der Waals surface area contributed by atoms with Crippen molar-refractivity contribution < 1.29 is 15.0 Å². The zero-order chi connectivity index (χ0) is 13.0. The lowest BCUT2D eigenvalue weighted by molar-refractivity contribution is 0.0689. The van der Waals surface area contributed by atoms with Crippen LogP contribution in [0.15, 0.2) is 0 Å². The topological polar surface area (TPSA) is 88.2 Å². The minimum absolute atomic E-state index is 0.118. The molecule has 100 valence electrons. The molecule has 1 aliphatic rings. The number of aromatic carboxylic acids is 1. The first kappa shape index (κ1) is 13.0. The van der Waals surface area contributed by atoms with E-state index in [0.717, 1.165) is 50.8 Å². The van der Waals surface area contributed by atoms with E-state index < -0.39 is 5.97 Å². The summed E-state index contributed by atoms with van der Waals surface area (Å²) in [5.41, 5.74) is 0.914. The highest BCUT2D eigenvalue weighted by molar-refractivity contribution is 5.86. The smallest absolute Gasteiger partial charge is 0.358 e. The summed E-state index contributed by atoms with van der Waals surface area (Å²) >= 11 is 0. The van der Waals surface area contributed by atoms with E-state index in [9.17, 15) is 4.79 Å². The maximum Gasteiger partial charge on any atom is 0.358 e. The van der Waals surface area contributed by atoms with Gasteiger partial charge in [0.05, 0.1) is 5.69 Å². The maximum atomic E-state index is 11.0. The number of nitrogens with zero attached hydrogens (tertiary/aromatic N) is 3.